The van der Waals surface area contributed by atoms with Crippen molar-refractivity contribution in [2.45, 2.75) is 19.3 Å². The molecule has 1 aromatic heterocycles. The molecule has 2 amide bonds. The Labute approximate surface area is 190 Å². The summed E-state index contributed by atoms with van der Waals surface area (Å²) in [6, 6.07) is 16.9. The van der Waals surface area contributed by atoms with E-state index in [-0.39, 0.29) is 24.5 Å². The number of fused-ring (bicyclic) bond motifs is 1. The van der Waals surface area contributed by atoms with Crippen LogP contribution in [0, 0.1) is 0 Å². The highest BCUT2D eigenvalue weighted by molar-refractivity contribution is 6.33. The highest BCUT2D eigenvalue weighted by Gasteiger charge is 2.32. The second-order valence-electron chi connectivity index (χ2n) is 7.84. The third-order valence-electron chi connectivity index (χ3n) is 5.93. The van der Waals surface area contributed by atoms with Gasteiger partial charge in [-0.1, -0.05) is 59.3 Å². The summed E-state index contributed by atoms with van der Waals surface area (Å²) in [6.07, 6.45) is -0.118. The van der Waals surface area contributed by atoms with Crippen LogP contribution in [0.2, 0.25) is 5.02 Å². The summed E-state index contributed by atoms with van der Waals surface area (Å²) in [6.45, 7) is 2.51. The van der Waals surface area contributed by atoms with Crippen LogP contribution in [0.4, 0.5) is 0 Å². The summed E-state index contributed by atoms with van der Waals surface area (Å²) in [7, 11) is 0. The summed E-state index contributed by atoms with van der Waals surface area (Å²) in [5, 5.41) is 8.79. The van der Waals surface area contributed by atoms with Crippen LogP contribution in [-0.2, 0) is 17.9 Å². The van der Waals surface area contributed by atoms with Gasteiger partial charge in [0.2, 0.25) is 0 Å². The van der Waals surface area contributed by atoms with Gasteiger partial charge in [-0.15, -0.1) is 5.10 Å². The molecule has 0 saturated carbocycles. The van der Waals surface area contributed by atoms with Gasteiger partial charge < -0.3 is 14.5 Å². The standard InChI is InChI=1S/C23H22ClN5O3/c24-18-9-5-4-8-17(18)22(30)27-10-12-28(13-11-27)23(31)21-19-15-32-20(14-29(19)26-25-21)16-6-2-1-3-7-16/h1-9,20H,10-15H2. The highest BCUT2D eigenvalue weighted by Crippen LogP contribution is 2.27. The normalized spacial score (nSPS) is 18.3. The molecule has 0 aliphatic carbocycles. The molecule has 2 aliphatic rings. The molecule has 0 spiro atoms. The summed E-state index contributed by atoms with van der Waals surface area (Å²) in [5.74, 6) is -0.304. The van der Waals surface area contributed by atoms with Crippen LogP contribution >= 0.6 is 11.6 Å². The van der Waals surface area contributed by atoms with Crippen molar-refractivity contribution in [2.24, 2.45) is 0 Å². The number of hydrogen-bond donors (Lipinski definition) is 0. The first-order chi connectivity index (χ1) is 15.6. The van der Waals surface area contributed by atoms with Crippen molar-refractivity contribution >= 4 is 23.4 Å². The van der Waals surface area contributed by atoms with Crippen LogP contribution in [0.1, 0.15) is 38.2 Å². The number of hydrogen-bond acceptors (Lipinski definition) is 5. The number of halogens is 1. The summed E-state index contributed by atoms with van der Waals surface area (Å²) < 4.78 is 7.75. The Bertz CT molecular complexity index is 1140. The van der Waals surface area contributed by atoms with Crippen molar-refractivity contribution in [3.8, 4) is 0 Å². The van der Waals surface area contributed by atoms with Gasteiger partial charge in [-0.25, -0.2) is 4.68 Å². The molecular weight excluding hydrogens is 430 g/mol. The molecule has 0 bridgehead atoms. The lowest BCUT2D eigenvalue weighted by atomic mass is 10.1. The molecule has 2 aliphatic heterocycles. The molecule has 32 heavy (non-hydrogen) atoms. The third-order valence-corrected chi connectivity index (χ3v) is 6.26. The van der Waals surface area contributed by atoms with E-state index < -0.39 is 0 Å². The number of carbonyl (C=O) groups excluding carboxylic acids is 2. The van der Waals surface area contributed by atoms with Gasteiger partial charge in [-0.2, -0.15) is 0 Å². The van der Waals surface area contributed by atoms with E-state index in [4.69, 9.17) is 16.3 Å². The number of benzene rings is 2. The molecular formula is C23H22ClN5O3. The van der Waals surface area contributed by atoms with Crippen molar-refractivity contribution in [2.75, 3.05) is 26.2 Å². The Balaban J connectivity index is 1.24. The van der Waals surface area contributed by atoms with Crippen molar-refractivity contribution in [3.05, 3.63) is 82.1 Å². The zero-order chi connectivity index (χ0) is 22.1. The van der Waals surface area contributed by atoms with Crippen molar-refractivity contribution < 1.29 is 14.3 Å². The number of aromatic nitrogens is 3. The average Bonchev–Trinajstić information content (AvgIpc) is 3.27. The lowest BCUT2D eigenvalue weighted by molar-refractivity contribution is -0.00202. The first-order valence-electron chi connectivity index (χ1n) is 10.5. The molecule has 8 nitrogen and oxygen atoms in total. The Morgan fingerprint density at radius 2 is 1.56 bits per heavy atom. The second kappa shape index (κ2) is 8.72. The minimum absolute atomic E-state index is 0.118. The highest BCUT2D eigenvalue weighted by atomic mass is 35.5. The summed E-state index contributed by atoms with van der Waals surface area (Å²) in [4.78, 5) is 29.3. The van der Waals surface area contributed by atoms with Crippen LogP contribution in [-0.4, -0.2) is 62.8 Å². The fourth-order valence-electron chi connectivity index (χ4n) is 4.11. The van der Waals surface area contributed by atoms with E-state index in [2.05, 4.69) is 10.3 Å². The maximum atomic E-state index is 13.1. The molecule has 5 rings (SSSR count). The Hall–Kier alpha value is -3.23. The smallest absolute Gasteiger partial charge is 0.276 e. The first-order valence-corrected chi connectivity index (χ1v) is 10.9. The van der Waals surface area contributed by atoms with Crippen molar-refractivity contribution in [1.82, 2.24) is 24.8 Å². The van der Waals surface area contributed by atoms with Gasteiger partial charge in [-0.05, 0) is 17.7 Å². The van der Waals surface area contributed by atoms with Gasteiger partial charge in [0.25, 0.3) is 11.8 Å². The van der Waals surface area contributed by atoms with Gasteiger partial charge in [-0.3, -0.25) is 9.59 Å². The van der Waals surface area contributed by atoms with Crippen molar-refractivity contribution in [3.63, 3.8) is 0 Å². The SMILES string of the molecule is O=C(c1ccccc1Cl)N1CCN(C(=O)c2nnn3c2COC(c2ccccc2)C3)CC1. The Morgan fingerprint density at radius 1 is 0.906 bits per heavy atom. The molecule has 2 aromatic carbocycles. The van der Waals surface area contributed by atoms with Gasteiger partial charge in [0.1, 0.15) is 6.10 Å². The molecule has 9 heteroatoms. The van der Waals surface area contributed by atoms with E-state index in [0.29, 0.717) is 54.7 Å². The maximum Gasteiger partial charge on any atom is 0.276 e. The topological polar surface area (TPSA) is 80.6 Å². The minimum Gasteiger partial charge on any atom is -0.365 e. The number of piperazine rings is 1. The minimum atomic E-state index is -0.183. The van der Waals surface area contributed by atoms with E-state index in [1.54, 1.807) is 38.7 Å². The van der Waals surface area contributed by atoms with Crippen LogP contribution in [0.15, 0.2) is 54.6 Å². The van der Waals surface area contributed by atoms with Crippen LogP contribution < -0.4 is 0 Å². The monoisotopic (exact) mass is 451 g/mol. The maximum absolute atomic E-state index is 13.1. The van der Waals surface area contributed by atoms with Crippen LogP contribution in [0.25, 0.3) is 0 Å². The number of rotatable bonds is 3. The summed E-state index contributed by atoms with van der Waals surface area (Å²) >= 11 is 6.16. The molecule has 1 fully saturated rings. The van der Waals surface area contributed by atoms with E-state index >= 15 is 0 Å². The van der Waals surface area contributed by atoms with E-state index in [1.807, 2.05) is 30.3 Å². The molecule has 3 aromatic rings. The molecule has 1 unspecified atom stereocenters. The molecule has 0 N–H and O–H groups in total. The largest absolute Gasteiger partial charge is 0.365 e. The van der Waals surface area contributed by atoms with Gasteiger partial charge in [0.05, 0.1) is 29.4 Å². The lowest BCUT2D eigenvalue weighted by Crippen LogP contribution is -2.50. The Kier molecular flexibility index (Phi) is 5.63. The zero-order valence-electron chi connectivity index (χ0n) is 17.4. The third kappa shape index (κ3) is 3.87. The number of nitrogens with zero attached hydrogens (tertiary/aromatic N) is 5. The van der Waals surface area contributed by atoms with Crippen LogP contribution in [0.5, 0.6) is 0 Å². The van der Waals surface area contributed by atoms with E-state index in [1.165, 1.54) is 0 Å². The summed E-state index contributed by atoms with van der Waals surface area (Å²) in [5.41, 5.74) is 2.56. The molecule has 3 heterocycles. The van der Waals surface area contributed by atoms with Gasteiger partial charge in [0.15, 0.2) is 5.69 Å². The van der Waals surface area contributed by atoms with Crippen LogP contribution in [0.3, 0.4) is 0 Å². The number of carbonyl (C=O) groups is 2. The predicted molar refractivity (Wildman–Crippen MR) is 117 cm³/mol. The molecule has 1 saturated heterocycles. The van der Waals surface area contributed by atoms with Crippen molar-refractivity contribution in [1.29, 1.82) is 0 Å². The predicted octanol–water partition coefficient (Wildman–Crippen LogP) is 2.80. The molecule has 0 radical (unpaired) electrons. The van der Waals surface area contributed by atoms with E-state index in [9.17, 15) is 9.59 Å². The lowest BCUT2D eigenvalue weighted by Gasteiger charge is -2.34. The quantitative estimate of drug-likeness (QED) is 0.611. The second-order valence-corrected chi connectivity index (χ2v) is 8.25. The van der Waals surface area contributed by atoms with Gasteiger partial charge in [0, 0.05) is 26.2 Å². The molecule has 164 valence electrons. The van der Waals surface area contributed by atoms with Gasteiger partial charge >= 0.3 is 0 Å². The fraction of sp³-hybridized carbons (Fsp3) is 0.304. The average molecular weight is 452 g/mol. The Morgan fingerprint density at radius 3 is 2.28 bits per heavy atom. The van der Waals surface area contributed by atoms with E-state index in [0.717, 1.165) is 5.56 Å². The zero-order valence-corrected chi connectivity index (χ0v) is 18.1. The fourth-order valence-corrected chi connectivity index (χ4v) is 4.33. The molecule has 1 atom stereocenters. The number of amides is 2. The number of ether oxygens (including phenoxy) is 1. The first kappa shape index (κ1) is 20.7.